The molecule has 0 atom stereocenters. The molecule has 0 saturated heterocycles. The third-order valence-electron chi connectivity index (χ3n) is 5.12. The Kier molecular flexibility index (Phi) is 5.62. The van der Waals surface area contributed by atoms with E-state index in [1.165, 1.54) is 15.9 Å². The lowest BCUT2D eigenvalue weighted by Gasteiger charge is -2.19. The number of rotatable bonds is 7. The van der Waals surface area contributed by atoms with Crippen molar-refractivity contribution in [3.05, 3.63) is 83.1 Å². The number of carbonyl (C=O) groups is 1. The van der Waals surface area contributed by atoms with E-state index >= 15 is 0 Å². The number of anilines is 1. The number of para-hydroxylation sites is 3. The third kappa shape index (κ3) is 4.10. The zero-order valence-electron chi connectivity index (χ0n) is 17.8. The van der Waals surface area contributed by atoms with Gasteiger partial charge in [-0.15, -0.1) is 0 Å². The Labute approximate surface area is 192 Å². The Morgan fingerprint density at radius 3 is 2.79 bits per heavy atom. The molecule has 166 valence electrons. The van der Waals surface area contributed by atoms with Crippen molar-refractivity contribution in [3.63, 3.8) is 0 Å². The molecule has 8 nitrogen and oxygen atoms in total. The first-order valence-corrected chi connectivity index (χ1v) is 11.3. The zero-order valence-corrected chi connectivity index (χ0v) is 18.6. The van der Waals surface area contributed by atoms with Crippen LogP contribution < -0.4 is 15.4 Å². The average molecular weight is 461 g/mol. The highest BCUT2D eigenvalue weighted by Crippen LogP contribution is 2.35. The molecule has 3 aromatic heterocycles. The lowest BCUT2D eigenvalue weighted by atomic mass is 10.3. The highest BCUT2D eigenvalue weighted by molar-refractivity contribution is 7.22. The van der Waals surface area contributed by atoms with Crippen LogP contribution in [0.1, 0.15) is 12.6 Å². The highest BCUT2D eigenvalue weighted by atomic mass is 32.1. The van der Waals surface area contributed by atoms with Gasteiger partial charge in [0, 0.05) is 6.20 Å². The number of nitrogens with zero attached hydrogens (tertiary/aromatic N) is 4. The zero-order chi connectivity index (χ0) is 22.8. The first-order chi connectivity index (χ1) is 16.1. The fraction of sp³-hybridized carbons (Fsp3) is 0.167. The lowest BCUT2D eigenvalue weighted by Crippen LogP contribution is -2.35. The molecule has 5 aromatic rings. The van der Waals surface area contributed by atoms with Gasteiger partial charge in [0.05, 0.1) is 29.1 Å². The molecule has 2 aromatic carbocycles. The molecule has 0 unspecified atom stereocenters. The number of oxazole rings is 1. The molecule has 0 aliphatic carbocycles. The number of hydrogen-bond donors (Lipinski definition) is 0. The minimum Gasteiger partial charge on any atom is -0.492 e. The van der Waals surface area contributed by atoms with E-state index in [0.717, 1.165) is 4.70 Å². The molecular formula is C24H20N4O4S. The van der Waals surface area contributed by atoms with Gasteiger partial charge in [0.2, 0.25) is 5.91 Å². The predicted octanol–water partition coefficient (Wildman–Crippen LogP) is 4.23. The Morgan fingerprint density at radius 2 is 1.97 bits per heavy atom. The summed E-state index contributed by atoms with van der Waals surface area (Å²) in [7, 11) is 0. The number of carbonyl (C=O) groups excluding carboxylic acids is 1. The van der Waals surface area contributed by atoms with E-state index in [4.69, 9.17) is 14.1 Å². The standard InChI is InChI=1S/C24H20N4O4S/c1-2-31-19-11-7-12-20-22(19)26-23(33-20)28(14-16-8-5-6-13-25-16)21(29)15-27-17-9-3-4-10-18(17)32-24(27)30/h3-13H,2,14-15H2,1H3. The SMILES string of the molecule is CCOc1cccc2sc(N(Cc3ccccn3)C(=O)Cn3c(=O)oc4ccccc43)nc12. The van der Waals surface area contributed by atoms with Crippen LogP contribution in [0, 0.1) is 0 Å². The second kappa shape index (κ2) is 8.87. The van der Waals surface area contributed by atoms with E-state index in [-0.39, 0.29) is 19.0 Å². The summed E-state index contributed by atoms with van der Waals surface area (Å²) in [6.07, 6.45) is 1.68. The Balaban J connectivity index is 1.55. The van der Waals surface area contributed by atoms with Crippen LogP contribution in [0.5, 0.6) is 5.75 Å². The molecular weight excluding hydrogens is 440 g/mol. The summed E-state index contributed by atoms with van der Waals surface area (Å²) in [6, 6.07) is 18.3. The monoisotopic (exact) mass is 460 g/mol. The molecule has 0 radical (unpaired) electrons. The number of thiazole rings is 1. The van der Waals surface area contributed by atoms with Crippen LogP contribution in [0.15, 0.2) is 76.1 Å². The van der Waals surface area contributed by atoms with Crippen LogP contribution >= 0.6 is 11.3 Å². The fourth-order valence-electron chi connectivity index (χ4n) is 3.60. The first kappa shape index (κ1) is 20.9. The maximum absolute atomic E-state index is 13.5. The van der Waals surface area contributed by atoms with Gasteiger partial charge in [-0.2, -0.15) is 0 Å². The minimum atomic E-state index is -0.578. The molecule has 33 heavy (non-hydrogen) atoms. The van der Waals surface area contributed by atoms with Crippen molar-refractivity contribution in [3.8, 4) is 5.75 Å². The summed E-state index contributed by atoms with van der Waals surface area (Å²) in [4.78, 5) is 36.6. The van der Waals surface area contributed by atoms with Crippen molar-refractivity contribution >= 4 is 43.7 Å². The van der Waals surface area contributed by atoms with E-state index < -0.39 is 5.76 Å². The summed E-state index contributed by atoms with van der Waals surface area (Å²) in [5, 5.41) is 0.508. The average Bonchev–Trinajstić information content (AvgIpc) is 3.40. The number of aromatic nitrogens is 3. The highest BCUT2D eigenvalue weighted by Gasteiger charge is 2.24. The molecule has 0 spiro atoms. The van der Waals surface area contributed by atoms with Crippen LogP contribution in [0.3, 0.4) is 0 Å². The number of pyridine rings is 1. The second-order valence-electron chi connectivity index (χ2n) is 7.26. The smallest absolute Gasteiger partial charge is 0.420 e. The fourth-order valence-corrected chi connectivity index (χ4v) is 4.60. The molecule has 0 fully saturated rings. The predicted molar refractivity (Wildman–Crippen MR) is 127 cm³/mol. The molecule has 1 amide bonds. The number of fused-ring (bicyclic) bond motifs is 2. The van der Waals surface area contributed by atoms with E-state index in [2.05, 4.69) is 4.98 Å². The normalized spacial score (nSPS) is 11.2. The molecule has 0 aliphatic rings. The van der Waals surface area contributed by atoms with Gasteiger partial charge < -0.3 is 9.15 Å². The van der Waals surface area contributed by atoms with Gasteiger partial charge in [-0.25, -0.2) is 9.78 Å². The second-order valence-corrected chi connectivity index (χ2v) is 8.26. The molecule has 0 aliphatic heterocycles. The molecule has 5 rings (SSSR count). The maximum Gasteiger partial charge on any atom is 0.420 e. The van der Waals surface area contributed by atoms with Gasteiger partial charge in [0.25, 0.3) is 0 Å². The topological polar surface area (TPSA) is 90.5 Å². The Hall–Kier alpha value is -3.98. The van der Waals surface area contributed by atoms with Crippen LogP contribution in [-0.2, 0) is 17.9 Å². The maximum atomic E-state index is 13.5. The van der Waals surface area contributed by atoms with Crippen molar-refractivity contribution in [2.75, 3.05) is 11.5 Å². The van der Waals surface area contributed by atoms with E-state index in [1.807, 2.05) is 43.3 Å². The number of benzene rings is 2. The van der Waals surface area contributed by atoms with Gasteiger partial charge in [-0.05, 0) is 43.3 Å². The summed E-state index contributed by atoms with van der Waals surface area (Å²) < 4.78 is 13.2. The van der Waals surface area contributed by atoms with Crippen LogP contribution in [0.4, 0.5) is 5.13 Å². The summed E-state index contributed by atoms with van der Waals surface area (Å²) >= 11 is 1.39. The molecule has 0 N–H and O–H groups in total. The van der Waals surface area contributed by atoms with Gasteiger partial charge in [-0.3, -0.25) is 19.2 Å². The van der Waals surface area contributed by atoms with Crippen molar-refractivity contribution in [2.45, 2.75) is 20.0 Å². The van der Waals surface area contributed by atoms with Crippen LogP contribution in [0.25, 0.3) is 21.3 Å². The van der Waals surface area contributed by atoms with Crippen molar-refractivity contribution in [1.29, 1.82) is 0 Å². The van der Waals surface area contributed by atoms with E-state index in [9.17, 15) is 9.59 Å². The third-order valence-corrected chi connectivity index (χ3v) is 6.16. The van der Waals surface area contributed by atoms with E-state index in [0.29, 0.717) is 39.8 Å². The summed E-state index contributed by atoms with van der Waals surface area (Å²) in [6.45, 7) is 2.46. The Morgan fingerprint density at radius 1 is 1.12 bits per heavy atom. The largest absolute Gasteiger partial charge is 0.492 e. The van der Waals surface area contributed by atoms with Crippen molar-refractivity contribution < 1.29 is 13.9 Å². The van der Waals surface area contributed by atoms with Gasteiger partial charge in [0.15, 0.2) is 10.7 Å². The first-order valence-electron chi connectivity index (χ1n) is 10.4. The van der Waals surface area contributed by atoms with Gasteiger partial charge in [0.1, 0.15) is 17.8 Å². The van der Waals surface area contributed by atoms with E-state index in [1.54, 1.807) is 35.4 Å². The Bertz CT molecular complexity index is 1490. The van der Waals surface area contributed by atoms with Gasteiger partial charge >= 0.3 is 5.76 Å². The summed E-state index contributed by atoms with van der Waals surface area (Å²) in [5.74, 6) is -0.212. The molecule has 3 heterocycles. The number of amides is 1. The van der Waals surface area contributed by atoms with Crippen LogP contribution in [0.2, 0.25) is 0 Å². The molecule has 9 heteroatoms. The number of hydrogen-bond acceptors (Lipinski definition) is 7. The quantitative estimate of drug-likeness (QED) is 0.361. The summed E-state index contributed by atoms with van der Waals surface area (Å²) in [5.41, 5.74) is 2.41. The van der Waals surface area contributed by atoms with Crippen molar-refractivity contribution in [2.24, 2.45) is 0 Å². The molecule has 0 bridgehead atoms. The van der Waals surface area contributed by atoms with Crippen molar-refractivity contribution in [1.82, 2.24) is 14.5 Å². The lowest BCUT2D eigenvalue weighted by molar-refractivity contribution is -0.119. The minimum absolute atomic E-state index is 0.184. The van der Waals surface area contributed by atoms with Crippen LogP contribution in [-0.4, -0.2) is 27.0 Å². The number of ether oxygens (including phenoxy) is 1. The van der Waals surface area contributed by atoms with Gasteiger partial charge in [-0.1, -0.05) is 35.6 Å². The molecule has 0 saturated carbocycles.